The van der Waals surface area contributed by atoms with Crippen LogP contribution in [0.15, 0.2) is 76.5 Å². The Labute approximate surface area is 144 Å². The van der Waals surface area contributed by atoms with E-state index in [1.165, 1.54) is 23.9 Å². The molecule has 3 N–H and O–H groups in total. The van der Waals surface area contributed by atoms with Gasteiger partial charge in [0.25, 0.3) is 0 Å². The van der Waals surface area contributed by atoms with Crippen molar-refractivity contribution in [2.45, 2.75) is 16.4 Å². The summed E-state index contributed by atoms with van der Waals surface area (Å²) in [5.41, 5.74) is 1.05. The van der Waals surface area contributed by atoms with Crippen molar-refractivity contribution >= 4 is 11.8 Å². The van der Waals surface area contributed by atoms with Gasteiger partial charge in [-0.1, -0.05) is 42.1 Å². The van der Waals surface area contributed by atoms with Gasteiger partial charge in [0.1, 0.15) is 29.6 Å². The first-order valence-corrected chi connectivity index (χ1v) is 8.13. The van der Waals surface area contributed by atoms with Crippen LogP contribution in [0.25, 0.3) is 0 Å². The Morgan fingerprint density at radius 3 is 2.08 bits per heavy atom. The molecule has 0 radical (unpaired) electrons. The summed E-state index contributed by atoms with van der Waals surface area (Å²) in [7, 11) is 0. The SMILES string of the molecule is Oc1ccc(Sc2ccc(OCc3ccccc3)cc2O)c(O)c1. The van der Waals surface area contributed by atoms with Crippen LogP contribution >= 0.6 is 11.8 Å². The van der Waals surface area contributed by atoms with Crippen LogP contribution in [-0.2, 0) is 6.61 Å². The van der Waals surface area contributed by atoms with Crippen LogP contribution in [0, 0.1) is 0 Å². The second-order valence-corrected chi connectivity index (χ2v) is 6.24. The molecule has 0 bridgehead atoms. The van der Waals surface area contributed by atoms with E-state index >= 15 is 0 Å². The molecular weight excluding hydrogens is 324 g/mol. The van der Waals surface area contributed by atoms with Crippen LogP contribution in [0.1, 0.15) is 5.56 Å². The second kappa shape index (κ2) is 7.19. The summed E-state index contributed by atoms with van der Waals surface area (Å²) in [5, 5.41) is 29.3. The largest absolute Gasteiger partial charge is 0.508 e. The Morgan fingerprint density at radius 2 is 1.42 bits per heavy atom. The summed E-state index contributed by atoms with van der Waals surface area (Å²) in [6.07, 6.45) is 0. The van der Waals surface area contributed by atoms with Gasteiger partial charge in [-0.3, -0.25) is 0 Å². The van der Waals surface area contributed by atoms with E-state index in [-0.39, 0.29) is 17.2 Å². The molecule has 0 aliphatic heterocycles. The lowest BCUT2D eigenvalue weighted by atomic mass is 10.2. The zero-order valence-electron chi connectivity index (χ0n) is 12.7. The number of hydrogen-bond acceptors (Lipinski definition) is 5. The molecule has 24 heavy (non-hydrogen) atoms. The lowest BCUT2D eigenvalue weighted by Crippen LogP contribution is -1.94. The van der Waals surface area contributed by atoms with E-state index in [1.54, 1.807) is 24.3 Å². The van der Waals surface area contributed by atoms with Crippen LogP contribution < -0.4 is 4.74 Å². The van der Waals surface area contributed by atoms with Gasteiger partial charge >= 0.3 is 0 Å². The first-order valence-electron chi connectivity index (χ1n) is 7.31. The van der Waals surface area contributed by atoms with Crippen LogP contribution in [0.5, 0.6) is 23.0 Å². The number of phenolic OH excluding ortho intramolecular Hbond substituents is 3. The van der Waals surface area contributed by atoms with Crippen molar-refractivity contribution in [1.82, 2.24) is 0 Å². The van der Waals surface area contributed by atoms with E-state index in [4.69, 9.17) is 4.74 Å². The lowest BCUT2D eigenvalue weighted by Gasteiger charge is -2.10. The summed E-state index contributed by atoms with van der Waals surface area (Å²) in [6, 6.07) is 19.1. The van der Waals surface area contributed by atoms with Crippen LogP contribution in [0.2, 0.25) is 0 Å². The number of ether oxygens (including phenoxy) is 1. The summed E-state index contributed by atoms with van der Waals surface area (Å²) in [5.74, 6) is 0.586. The fraction of sp³-hybridized carbons (Fsp3) is 0.0526. The fourth-order valence-electron chi connectivity index (χ4n) is 2.12. The molecule has 3 aromatic carbocycles. The maximum Gasteiger partial charge on any atom is 0.133 e. The number of aromatic hydroxyl groups is 3. The summed E-state index contributed by atoms with van der Waals surface area (Å²) < 4.78 is 5.67. The maximum absolute atomic E-state index is 10.2. The Bertz CT molecular complexity index is 834. The second-order valence-electron chi connectivity index (χ2n) is 5.16. The first kappa shape index (κ1) is 16.1. The minimum Gasteiger partial charge on any atom is -0.508 e. The zero-order chi connectivity index (χ0) is 16.9. The summed E-state index contributed by atoms with van der Waals surface area (Å²) in [6.45, 7) is 0.422. The molecule has 0 unspecified atom stereocenters. The van der Waals surface area contributed by atoms with Gasteiger partial charge in [-0.05, 0) is 29.8 Å². The van der Waals surface area contributed by atoms with E-state index in [0.717, 1.165) is 5.56 Å². The van der Waals surface area contributed by atoms with Gasteiger partial charge in [-0.15, -0.1) is 0 Å². The summed E-state index contributed by atoms with van der Waals surface area (Å²) >= 11 is 1.21. The van der Waals surface area contributed by atoms with Crippen molar-refractivity contribution in [3.05, 3.63) is 72.3 Å². The third-order valence-electron chi connectivity index (χ3n) is 3.34. The van der Waals surface area contributed by atoms with E-state index < -0.39 is 0 Å². The van der Waals surface area contributed by atoms with E-state index in [0.29, 0.717) is 22.1 Å². The van der Waals surface area contributed by atoms with Gasteiger partial charge in [0, 0.05) is 12.1 Å². The quantitative estimate of drug-likeness (QED) is 0.636. The molecule has 0 aliphatic carbocycles. The third-order valence-corrected chi connectivity index (χ3v) is 4.47. The third kappa shape index (κ3) is 3.94. The molecule has 122 valence electrons. The standard InChI is InChI=1S/C19H16O4S/c20-14-6-8-18(16(21)10-14)24-19-9-7-15(11-17(19)22)23-12-13-4-2-1-3-5-13/h1-11,20-22H,12H2. The maximum atomic E-state index is 10.2. The molecule has 0 saturated heterocycles. The average Bonchev–Trinajstić information content (AvgIpc) is 2.58. The highest BCUT2D eigenvalue weighted by Crippen LogP contribution is 2.41. The number of benzene rings is 3. The van der Waals surface area contributed by atoms with Crippen molar-refractivity contribution in [2.24, 2.45) is 0 Å². The highest BCUT2D eigenvalue weighted by molar-refractivity contribution is 7.99. The van der Waals surface area contributed by atoms with Crippen LogP contribution in [0.4, 0.5) is 0 Å². The van der Waals surface area contributed by atoms with Gasteiger partial charge in [0.2, 0.25) is 0 Å². The molecule has 0 aliphatic rings. The highest BCUT2D eigenvalue weighted by atomic mass is 32.2. The normalized spacial score (nSPS) is 10.5. The monoisotopic (exact) mass is 340 g/mol. The van der Waals surface area contributed by atoms with Crippen molar-refractivity contribution < 1.29 is 20.1 Å². The van der Waals surface area contributed by atoms with E-state index in [1.807, 2.05) is 30.3 Å². The van der Waals surface area contributed by atoms with Crippen molar-refractivity contribution in [3.63, 3.8) is 0 Å². The molecule has 0 fully saturated rings. The molecule has 0 aromatic heterocycles. The molecule has 3 aromatic rings. The molecule has 0 amide bonds. The van der Waals surface area contributed by atoms with Crippen molar-refractivity contribution in [1.29, 1.82) is 0 Å². The van der Waals surface area contributed by atoms with Crippen LogP contribution in [-0.4, -0.2) is 15.3 Å². The molecule has 0 spiro atoms. The van der Waals surface area contributed by atoms with Gasteiger partial charge in [0.15, 0.2) is 0 Å². The number of hydrogen-bond donors (Lipinski definition) is 3. The van der Waals surface area contributed by atoms with Gasteiger partial charge in [-0.25, -0.2) is 0 Å². The number of rotatable bonds is 5. The molecule has 0 atom stereocenters. The van der Waals surface area contributed by atoms with Gasteiger partial charge in [0.05, 0.1) is 9.79 Å². The van der Waals surface area contributed by atoms with Crippen molar-refractivity contribution in [3.8, 4) is 23.0 Å². The predicted molar refractivity (Wildman–Crippen MR) is 92.8 cm³/mol. The van der Waals surface area contributed by atoms with E-state index in [9.17, 15) is 15.3 Å². The fourth-order valence-corrected chi connectivity index (χ4v) is 2.96. The first-order chi connectivity index (χ1) is 11.6. The smallest absolute Gasteiger partial charge is 0.133 e. The Morgan fingerprint density at radius 1 is 0.750 bits per heavy atom. The topological polar surface area (TPSA) is 69.9 Å². The van der Waals surface area contributed by atoms with Crippen molar-refractivity contribution in [2.75, 3.05) is 0 Å². The number of phenols is 3. The Balaban J connectivity index is 1.70. The molecule has 4 nitrogen and oxygen atoms in total. The molecule has 3 rings (SSSR count). The van der Waals surface area contributed by atoms with Crippen LogP contribution in [0.3, 0.4) is 0 Å². The molecule has 0 saturated carbocycles. The lowest BCUT2D eigenvalue weighted by molar-refractivity contribution is 0.304. The van der Waals surface area contributed by atoms with Gasteiger partial charge in [-0.2, -0.15) is 0 Å². The Hall–Kier alpha value is -2.79. The van der Waals surface area contributed by atoms with Gasteiger partial charge < -0.3 is 20.1 Å². The average molecular weight is 340 g/mol. The summed E-state index contributed by atoms with van der Waals surface area (Å²) in [4.78, 5) is 1.13. The zero-order valence-corrected chi connectivity index (χ0v) is 13.5. The minimum atomic E-state index is -0.0381. The Kier molecular flexibility index (Phi) is 4.82. The molecule has 5 heteroatoms. The molecular formula is C19H16O4S. The minimum absolute atomic E-state index is 0.00858. The highest BCUT2D eigenvalue weighted by Gasteiger charge is 2.09. The predicted octanol–water partition coefficient (Wildman–Crippen LogP) is 4.53. The molecule has 0 heterocycles. The van der Waals surface area contributed by atoms with E-state index in [2.05, 4.69) is 0 Å².